The minimum Gasteiger partial charge on any atom is -0.392 e. The number of aliphatic hydroxyl groups excluding tert-OH is 1. The molecule has 0 saturated heterocycles. The van der Waals surface area contributed by atoms with Crippen LogP contribution in [0, 0.1) is 0 Å². The number of nitrogens with one attached hydrogen (secondary N) is 1. The number of anilines is 1. The van der Waals surface area contributed by atoms with Crippen LogP contribution in [-0.4, -0.2) is 25.8 Å². The van der Waals surface area contributed by atoms with Crippen LogP contribution in [0.5, 0.6) is 0 Å². The first-order valence-electron chi connectivity index (χ1n) is 6.14. The van der Waals surface area contributed by atoms with Crippen molar-refractivity contribution in [2.45, 2.75) is 26.0 Å². The fourth-order valence-electron chi connectivity index (χ4n) is 1.80. The van der Waals surface area contributed by atoms with Crippen molar-refractivity contribution in [2.24, 2.45) is 0 Å². The topological polar surface area (TPSA) is 80.0 Å². The number of carbonyl (C=O) groups excluding carboxylic acids is 1. The molecule has 0 aliphatic carbocycles. The van der Waals surface area contributed by atoms with Crippen molar-refractivity contribution >= 4 is 27.7 Å². The van der Waals surface area contributed by atoms with Gasteiger partial charge in [0.1, 0.15) is 5.82 Å². The zero-order valence-electron chi connectivity index (χ0n) is 11.0. The summed E-state index contributed by atoms with van der Waals surface area (Å²) >= 11 is 3.27. The SMILES string of the molecule is CC(CC(=O)Nc1ncc(Br)cc1CO)n1cccn1. The molecule has 1 unspecified atom stereocenters. The van der Waals surface area contributed by atoms with Gasteiger partial charge in [0.15, 0.2) is 0 Å². The van der Waals surface area contributed by atoms with Crippen LogP contribution < -0.4 is 5.32 Å². The van der Waals surface area contributed by atoms with Crippen LogP contribution in [0.15, 0.2) is 35.2 Å². The Hall–Kier alpha value is -1.73. The molecule has 2 aromatic rings. The van der Waals surface area contributed by atoms with E-state index in [4.69, 9.17) is 0 Å². The van der Waals surface area contributed by atoms with Gasteiger partial charge in [0.2, 0.25) is 5.91 Å². The molecule has 106 valence electrons. The molecular weight excluding hydrogens is 324 g/mol. The molecule has 0 saturated carbocycles. The smallest absolute Gasteiger partial charge is 0.227 e. The molecule has 0 radical (unpaired) electrons. The van der Waals surface area contributed by atoms with Gasteiger partial charge >= 0.3 is 0 Å². The molecule has 0 bridgehead atoms. The van der Waals surface area contributed by atoms with Crippen molar-refractivity contribution in [2.75, 3.05) is 5.32 Å². The zero-order chi connectivity index (χ0) is 14.5. The van der Waals surface area contributed by atoms with E-state index in [1.165, 1.54) is 0 Å². The number of hydrogen-bond acceptors (Lipinski definition) is 4. The van der Waals surface area contributed by atoms with E-state index in [0.717, 1.165) is 4.47 Å². The number of carbonyl (C=O) groups is 1. The number of amides is 1. The van der Waals surface area contributed by atoms with Gasteiger partial charge < -0.3 is 10.4 Å². The summed E-state index contributed by atoms with van der Waals surface area (Å²) in [6.45, 7) is 1.73. The molecule has 2 aromatic heterocycles. The van der Waals surface area contributed by atoms with E-state index >= 15 is 0 Å². The number of aliphatic hydroxyl groups is 1. The molecule has 1 amide bonds. The van der Waals surface area contributed by atoms with Crippen LogP contribution in [0.4, 0.5) is 5.82 Å². The van der Waals surface area contributed by atoms with E-state index in [-0.39, 0.29) is 25.0 Å². The molecule has 7 heteroatoms. The lowest BCUT2D eigenvalue weighted by Crippen LogP contribution is -2.19. The third-order valence-electron chi connectivity index (χ3n) is 2.82. The van der Waals surface area contributed by atoms with Gasteiger partial charge in [-0.25, -0.2) is 4.98 Å². The van der Waals surface area contributed by atoms with Crippen LogP contribution in [0.25, 0.3) is 0 Å². The molecule has 1 atom stereocenters. The summed E-state index contributed by atoms with van der Waals surface area (Å²) in [4.78, 5) is 16.1. The summed E-state index contributed by atoms with van der Waals surface area (Å²) < 4.78 is 2.48. The molecule has 20 heavy (non-hydrogen) atoms. The van der Waals surface area contributed by atoms with Gasteiger partial charge in [-0.3, -0.25) is 9.48 Å². The fourth-order valence-corrected chi connectivity index (χ4v) is 2.18. The Morgan fingerprint density at radius 1 is 1.60 bits per heavy atom. The van der Waals surface area contributed by atoms with Crippen molar-refractivity contribution in [3.8, 4) is 0 Å². The summed E-state index contributed by atoms with van der Waals surface area (Å²) in [6, 6.07) is 3.49. The Labute approximate surface area is 125 Å². The predicted octanol–water partition coefficient (Wildman–Crippen LogP) is 2.12. The molecule has 2 N–H and O–H groups in total. The Morgan fingerprint density at radius 3 is 3.05 bits per heavy atom. The highest BCUT2D eigenvalue weighted by Crippen LogP contribution is 2.19. The summed E-state index contributed by atoms with van der Waals surface area (Å²) in [5.74, 6) is 0.214. The molecular formula is C13H15BrN4O2. The van der Waals surface area contributed by atoms with Crippen molar-refractivity contribution < 1.29 is 9.90 Å². The minimum absolute atomic E-state index is 0.0435. The Bertz CT molecular complexity index is 586. The normalized spacial score (nSPS) is 12.2. The lowest BCUT2D eigenvalue weighted by Gasteiger charge is -2.13. The molecule has 0 spiro atoms. The number of halogens is 1. The second kappa shape index (κ2) is 6.62. The second-order valence-electron chi connectivity index (χ2n) is 4.41. The number of aromatic nitrogens is 3. The molecule has 2 heterocycles. The van der Waals surface area contributed by atoms with E-state index in [0.29, 0.717) is 11.4 Å². The highest BCUT2D eigenvalue weighted by atomic mass is 79.9. The summed E-state index contributed by atoms with van der Waals surface area (Å²) in [5.41, 5.74) is 0.569. The van der Waals surface area contributed by atoms with Crippen LogP contribution in [0.3, 0.4) is 0 Å². The van der Waals surface area contributed by atoms with Gasteiger partial charge in [-0.05, 0) is 35.0 Å². The zero-order valence-corrected chi connectivity index (χ0v) is 12.5. The van der Waals surface area contributed by atoms with Gasteiger partial charge in [0.25, 0.3) is 0 Å². The van der Waals surface area contributed by atoms with Crippen molar-refractivity contribution in [3.63, 3.8) is 0 Å². The van der Waals surface area contributed by atoms with Gasteiger partial charge in [-0.2, -0.15) is 5.10 Å². The molecule has 0 aromatic carbocycles. The maximum absolute atomic E-state index is 12.0. The van der Waals surface area contributed by atoms with Gasteiger partial charge in [0, 0.05) is 35.0 Å². The first-order chi connectivity index (χ1) is 9.60. The average Bonchev–Trinajstić information content (AvgIpc) is 2.94. The van der Waals surface area contributed by atoms with E-state index in [2.05, 4.69) is 31.3 Å². The Morgan fingerprint density at radius 2 is 2.40 bits per heavy atom. The molecule has 0 aliphatic rings. The Balaban J connectivity index is 2.01. The third-order valence-corrected chi connectivity index (χ3v) is 3.25. The molecule has 0 aliphatic heterocycles. The summed E-state index contributed by atoms with van der Waals surface area (Å²) in [6.07, 6.45) is 5.35. The second-order valence-corrected chi connectivity index (χ2v) is 5.32. The predicted molar refractivity (Wildman–Crippen MR) is 78.0 cm³/mol. The van der Waals surface area contributed by atoms with Crippen LogP contribution >= 0.6 is 15.9 Å². The highest BCUT2D eigenvalue weighted by Gasteiger charge is 2.13. The van der Waals surface area contributed by atoms with Gasteiger partial charge in [-0.1, -0.05) is 0 Å². The quantitative estimate of drug-likeness (QED) is 0.875. The third kappa shape index (κ3) is 3.64. The summed E-state index contributed by atoms with van der Waals surface area (Å²) in [7, 11) is 0. The number of nitrogens with zero attached hydrogens (tertiary/aromatic N) is 3. The summed E-state index contributed by atoms with van der Waals surface area (Å²) in [5, 5.41) is 16.1. The van der Waals surface area contributed by atoms with Crippen LogP contribution in [-0.2, 0) is 11.4 Å². The number of hydrogen-bond donors (Lipinski definition) is 2. The maximum atomic E-state index is 12.0. The van der Waals surface area contributed by atoms with E-state index in [9.17, 15) is 9.90 Å². The Kier molecular flexibility index (Phi) is 4.86. The van der Waals surface area contributed by atoms with Crippen molar-refractivity contribution in [1.29, 1.82) is 0 Å². The van der Waals surface area contributed by atoms with Crippen LogP contribution in [0.2, 0.25) is 0 Å². The molecule has 2 rings (SSSR count). The fraction of sp³-hybridized carbons (Fsp3) is 0.308. The van der Waals surface area contributed by atoms with E-state index < -0.39 is 0 Å². The lowest BCUT2D eigenvalue weighted by atomic mass is 10.2. The van der Waals surface area contributed by atoms with E-state index in [1.807, 2.05) is 19.2 Å². The highest BCUT2D eigenvalue weighted by molar-refractivity contribution is 9.10. The number of pyridine rings is 1. The largest absolute Gasteiger partial charge is 0.392 e. The van der Waals surface area contributed by atoms with E-state index in [1.54, 1.807) is 23.1 Å². The average molecular weight is 339 g/mol. The number of rotatable bonds is 5. The van der Waals surface area contributed by atoms with Gasteiger partial charge in [0.05, 0.1) is 12.6 Å². The first kappa shape index (κ1) is 14.7. The molecule has 0 fully saturated rings. The monoisotopic (exact) mass is 338 g/mol. The van der Waals surface area contributed by atoms with Gasteiger partial charge in [-0.15, -0.1) is 0 Å². The minimum atomic E-state index is -0.184. The molecule has 6 nitrogen and oxygen atoms in total. The first-order valence-corrected chi connectivity index (χ1v) is 6.93. The lowest BCUT2D eigenvalue weighted by molar-refractivity contribution is -0.116. The van der Waals surface area contributed by atoms with Crippen LogP contribution in [0.1, 0.15) is 24.9 Å². The maximum Gasteiger partial charge on any atom is 0.227 e. The van der Waals surface area contributed by atoms with Crippen molar-refractivity contribution in [1.82, 2.24) is 14.8 Å². The van der Waals surface area contributed by atoms with Crippen molar-refractivity contribution in [3.05, 3.63) is 40.8 Å². The standard InChI is InChI=1S/C13H15BrN4O2/c1-9(18-4-2-3-16-18)5-12(20)17-13-10(8-19)6-11(14)7-15-13/h2-4,6-7,9,19H,5,8H2,1H3,(H,15,17,20).